The maximum absolute atomic E-state index is 13.7. The first-order valence-corrected chi connectivity index (χ1v) is 8.85. The van der Waals surface area contributed by atoms with E-state index in [2.05, 4.69) is 10.1 Å². The molecule has 1 unspecified atom stereocenters. The van der Waals surface area contributed by atoms with Crippen LogP contribution in [0.5, 0.6) is 0 Å². The Labute approximate surface area is 169 Å². The summed E-state index contributed by atoms with van der Waals surface area (Å²) < 4.78 is 78.1. The molecule has 0 aliphatic carbocycles. The molecule has 1 aliphatic rings. The maximum Gasteiger partial charge on any atom is 0.416 e. The molecule has 1 heterocycles. The van der Waals surface area contributed by atoms with Gasteiger partial charge in [0, 0.05) is 5.70 Å². The molecule has 30 heavy (non-hydrogen) atoms. The van der Waals surface area contributed by atoms with Gasteiger partial charge in [0.05, 0.1) is 41.5 Å². The molecule has 5 nitrogen and oxygen atoms in total. The van der Waals surface area contributed by atoms with Crippen molar-refractivity contribution in [1.82, 2.24) is 5.32 Å². The van der Waals surface area contributed by atoms with E-state index in [1.54, 1.807) is 0 Å². The van der Waals surface area contributed by atoms with Crippen LogP contribution in [-0.4, -0.2) is 31.8 Å². The Kier molecular flexibility index (Phi) is 6.89. The third-order valence-electron chi connectivity index (χ3n) is 4.38. The molecule has 2 rings (SSSR count). The number of nitrogens with one attached hydrogen (secondary N) is 1. The minimum absolute atomic E-state index is 0.00315. The minimum Gasteiger partial charge on any atom is -0.466 e. The summed E-state index contributed by atoms with van der Waals surface area (Å²) in [4.78, 5) is 25.2. The number of carbonyl (C=O) groups excluding carboxylic acids is 2. The second-order valence-electron chi connectivity index (χ2n) is 6.80. The highest BCUT2D eigenvalue weighted by atomic mass is 19.4. The number of esters is 2. The van der Waals surface area contributed by atoms with Crippen molar-refractivity contribution in [3.8, 4) is 0 Å². The van der Waals surface area contributed by atoms with Gasteiger partial charge in [0.15, 0.2) is 0 Å². The van der Waals surface area contributed by atoms with Crippen LogP contribution in [0.15, 0.2) is 40.7 Å². The van der Waals surface area contributed by atoms with Crippen LogP contribution in [0.4, 0.5) is 22.0 Å². The van der Waals surface area contributed by atoms with Crippen molar-refractivity contribution in [2.24, 2.45) is 0 Å². The largest absolute Gasteiger partial charge is 0.466 e. The molecule has 0 saturated heterocycles. The predicted octanol–water partition coefficient (Wildman–Crippen LogP) is 4.15. The van der Waals surface area contributed by atoms with E-state index in [0.29, 0.717) is 0 Å². The molecule has 1 aromatic carbocycles. The summed E-state index contributed by atoms with van der Waals surface area (Å²) in [6, 6.07) is 1.82. The van der Waals surface area contributed by atoms with Crippen LogP contribution in [-0.2, 0) is 25.2 Å². The first kappa shape index (κ1) is 23.4. The van der Waals surface area contributed by atoms with Crippen LogP contribution in [0.25, 0.3) is 0 Å². The fraction of sp³-hybridized carbons (Fsp3) is 0.400. The van der Waals surface area contributed by atoms with Gasteiger partial charge in [-0.15, -0.1) is 0 Å². The van der Waals surface area contributed by atoms with Crippen LogP contribution in [0.3, 0.4) is 0 Å². The molecule has 1 aromatic rings. The van der Waals surface area contributed by atoms with Gasteiger partial charge in [0.25, 0.3) is 0 Å². The van der Waals surface area contributed by atoms with Crippen molar-refractivity contribution >= 4 is 11.9 Å². The van der Waals surface area contributed by atoms with E-state index < -0.39 is 59.3 Å². The Balaban J connectivity index is 2.87. The summed E-state index contributed by atoms with van der Waals surface area (Å²) in [5, 5.41) is 2.53. The number of allylic oxidation sites excluding steroid dienone is 2. The number of ether oxygens (including phenoxy) is 2. The summed E-state index contributed by atoms with van der Waals surface area (Å²) in [6.07, 6.45) is -5.64. The topological polar surface area (TPSA) is 64.6 Å². The summed E-state index contributed by atoms with van der Waals surface area (Å²) in [7, 11) is 0.967. The molecular formula is C20H20F5NO4. The minimum atomic E-state index is -5.01. The Bertz CT molecular complexity index is 918. The predicted molar refractivity (Wildman–Crippen MR) is 96.2 cm³/mol. The van der Waals surface area contributed by atoms with Gasteiger partial charge in [-0.05, 0) is 38.5 Å². The standard InChI is InChI=1S/C20H20F5NO4/c1-9(2)30-19(28)15-10(3)26-14(8-21)17(18(27)29-4)16(15)12-6-5-11(22)7-13(12)20(23,24)25/h5-7,9,16,26H,8H2,1-4H3. The molecule has 0 fully saturated rings. The average molecular weight is 433 g/mol. The molecule has 0 aromatic heterocycles. The SMILES string of the molecule is COC(=O)C1=C(CF)NC(C)=C(C(=O)OC(C)C)C1c1ccc(F)cc1C(F)(F)F. The summed E-state index contributed by atoms with van der Waals surface area (Å²) >= 11 is 0. The van der Waals surface area contributed by atoms with Gasteiger partial charge in [-0.3, -0.25) is 0 Å². The lowest BCUT2D eigenvalue weighted by molar-refractivity contribution is -0.144. The number of benzene rings is 1. The van der Waals surface area contributed by atoms with E-state index in [1.165, 1.54) is 20.8 Å². The van der Waals surface area contributed by atoms with Crippen molar-refractivity contribution < 1.29 is 41.0 Å². The number of rotatable bonds is 5. The molecule has 0 saturated carbocycles. The number of hydrogen-bond acceptors (Lipinski definition) is 5. The van der Waals surface area contributed by atoms with Crippen LogP contribution < -0.4 is 5.32 Å². The first-order valence-electron chi connectivity index (χ1n) is 8.85. The molecule has 1 N–H and O–H groups in total. The van der Waals surface area contributed by atoms with E-state index in [9.17, 15) is 31.5 Å². The molecule has 0 amide bonds. The number of alkyl halides is 4. The fourth-order valence-electron chi connectivity index (χ4n) is 3.24. The number of dihydropyridines is 1. The summed E-state index contributed by atoms with van der Waals surface area (Å²) in [5.74, 6) is -4.99. The van der Waals surface area contributed by atoms with Crippen LogP contribution in [0, 0.1) is 5.82 Å². The summed E-state index contributed by atoms with van der Waals surface area (Å²) in [5.41, 5.74) is -3.23. The van der Waals surface area contributed by atoms with Gasteiger partial charge in [-0.1, -0.05) is 6.07 Å². The quantitative estimate of drug-likeness (QED) is 0.558. The van der Waals surface area contributed by atoms with Crippen molar-refractivity contribution in [2.75, 3.05) is 13.8 Å². The Hall–Kier alpha value is -2.91. The van der Waals surface area contributed by atoms with Gasteiger partial charge in [-0.2, -0.15) is 13.2 Å². The lowest BCUT2D eigenvalue weighted by Gasteiger charge is -2.32. The normalized spacial score (nSPS) is 17.2. The zero-order valence-electron chi connectivity index (χ0n) is 16.6. The third-order valence-corrected chi connectivity index (χ3v) is 4.38. The second kappa shape index (κ2) is 8.85. The van der Waals surface area contributed by atoms with Crippen molar-refractivity contribution in [3.63, 3.8) is 0 Å². The van der Waals surface area contributed by atoms with Crippen LogP contribution >= 0.6 is 0 Å². The first-order chi connectivity index (χ1) is 13.9. The van der Waals surface area contributed by atoms with E-state index in [1.807, 2.05) is 0 Å². The highest BCUT2D eigenvalue weighted by molar-refractivity contribution is 6.00. The van der Waals surface area contributed by atoms with Gasteiger partial charge < -0.3 is 14.8 Å². The Morgan fingerprint density at radius 2 is 1.80 bits per heavy atom. The summed E-state index contributed by atoms with van der Waals surface area (Å²) in [6.45, 7) is 3.15. The van der Waals surface area contributed by atoms with Gasteiger partial charge in [0.1, 0.15) is 12.5 Å². The van der Waals surface area contributed by atoms with Crippen molar-refractivity contribution in [3.05, 3.63) is 57.7 Å². The van der Waals surface area contributed by atoms with Gasteiger partial charge in [-0.25, -0.2) is 18.4 Å². The van der Waals surface area contributed by atoms with E-state index in [4.69, 9.17) is 4.74 Å². The third kappa shape index (κ3) is 4.63. The molecule has 10 heteroatoms. The zero-order valence-corrected chi connectivity index (χ0v) is 16.6. The molecular weight excluding hydrogens is 413 g/mol. The smallest absolute Gasteiger partial charge is 0.416 e. The van der Waals surface area contributed by atoms with E-state index in [-0.39, 0.29) is 23.0 Å². The van der Waals surface area contributed by atoms with Crippen molar-refractivity contribution in [2.45, 2.75) is 39.0 Å². The molecule has 0 spiro atoms. The molecule has 0 bridgehead atoms. The number of halogens is 5. The highest BCUT2D eigenvalue weighted by Crippen LogP contribution is 2.44. The van der Waals surface area contributed by atoms with E-state index >= 15 is 0 Å². The number of hydrogen-bond donors (Lipinski definition) is 1. The number of carbonyl (C=O) groups is 2. The number of methoxy groups -OCH3 is 1. The molecule has 1 aliphatic heterocycles. The van der Waals surface area contributed by atoms with Crippen molar-refractivity contribution in [1.29, 1.82) is 0 Å². The lowest BCUT2D eigenvalue weighted by atomic mass is 9.78. The Morgan fingerprint density at radius 1 is 1.17 bits per heavy atom. The maximum atomic E-state index is 13.7. The molecule has 1 atom stereocenters. The van der Waals surface area contributed by atoms with Crippen LogP contribution in [0.1, 0.15) is 37.8 Å². The van der Waals surface area contributed by atoms with Gasteiger partial charge >= 0.3 is 18.1 Å². The zero-order chi connectivity index (χ0) is 22.8. The monoisotopic (exact) mass is 433 g/mol. The average Bonchev–Trinajstić information content (AvgIpc) is 2.65. The Morgan fingerprint density at radius 3 is 2.30 bits per heavy atom. The van der Waals surface area contributed by atoms with Crippen LogP contribution in [0.2, 0.25) is 0 Å². The fourth-order valence-corrected chi connectivity index (χ4v) is 3.24. The highest BCUT2D eigenvalue weighted by Gasteiger charge is 2.44. The lowest BCUT2D eigenvalue weighted by Crippen LogP contribution is -2.35. The molecule has 164 valence electrons. The molecule has 0 radical (unpaired) electrons. The van der Waals surface area contributed by atoms with Gasteiger partial charge in [0.2, 0.25) is 0 Å². The van der Waals surface area contributed by atoms with E-state index in [0.717, 1.165) is 19.2 Å². The second-order valence-corrected chi connectivity index (χ2v) is 6.80.